The molecule has 1 aromatic carbocycles. The molecule has 0 spiro atoms. The maximum atomic E-state index is 13.2. The number of piperazine rings is 1. The summed E-state index contributed by atoms with van der Waals surface area (Å²) >= 11 is 0. The number of nitrogens with zero attached hydrogens (tertiary/aromatic N) is 2. The maximum absolute atomic E-state index is 13.2. The summed E-state index contributed by atoms with van der Waals surface area (Å²) in [6, 6.07) is 4.05. The van der Waals surface area contributed by atoms with E-state index in [0.29, 0.717) is 12.1 Å². The van der Waals surface area contributed by atoms with E-state index >= 15 is 0 Å². The van der Waals surface area contributed by atoms with Gasteiger partial charge in [0.05, 0.1) is 0 Å². The van der Waals surface area contributed by atoms with Crippen molar-refractivity contribution in [3.05, 3.63) is 29.6 Å². The predicted molar refractivity (Wildman–Crippen MR) is 82.9 cm³/mol. The minimum absolute atomic E-state index is 0.0458. The van der Waals surface area contributed by atoms with Crippen LogP contribution in [-0.4, -0.2) is 60.2 Å². The van der Waals surface area contributed by atoms with Gasteiger partial charge in [-0.3, -0.25) is 4.90 Å². The van der Waals surface area contributed by atoms with Gasteiger partial charge in [0.25, 0.3) is 0 Å². The number of hydrogen-bond acceptors (Lipinski definition) is 4. The Balaban J connectivity index is 1.85. The first-order chi connectivity index (χ1) is 9.88. The molecule has 1 aliphatic rings. The number of phenolic OH excluding ortho intramolecular Hbond substituents is 1. The first kappa shape index (κ1) is 16.2. The van der Waals surface area contributed by atoms with E-state index < -0.39 is 0 Å². The SMILES string of the molecule is CN1CCN(C(C)(C)CNCc2cc(F)ccc2O)CC1. The fraction of sp³-hybridized carbons (Fsp3) is 0.625. The maximum Gasteiger partial charge on any atom is 0.123 e. The van der Waals surface area contributed by atoms with Crippen molar-refractivity contribution in [3.8, 4) is 5.75 Å². The van der Waals surface area contributed by atoms with E-state index in [1.165, 1.54) is 18.2 Å². The van der Waals surface area contributed by atoms with E-state index in [0.717, 1.165) is 32.7 Å². The highest BCUT2D eigenvalue weighted by Gasteiger charge is 2.28. The molecule has 21 heavy (non-hydrogen) atoms. The van der Waals surface area contributed by atoms with Crippen LogP contribution in [0.15, 0.2) is 18.2 Å². The number of likely N-dealkylation sites (N-methyl/N-ethyl adjacent to an activating group) is 1. The molecular formula is C16H26FN3O. The Morgan fingerprint density at radius 1 is 1.24 bits per heavy atom. The summed E-state index contributed by atoms with van der Waals surface area (Å²) in [6.07, 6.45) is 0. The Bertz CT molecular complexity index is 471. The van der Waals surface area contributed by atoms with Crippen LogP contribution in [0.25, 0.3) is 0 Å². The van der Waals surface area contributed by atoms with Crippen LogP contribution in [0.5, 0.6) is 5.75 Å². The lowest BCUT2D eigenvalue weighted by Gasteiger charge is -2.43. The molecule has 1 saturated heterocycles. The molecule has 0 unspecified atom stereocenters. The number of phenols is 1. The molecule has 4 nitrogen and oxygen atoms in total. The molecule has 0 amide bonds. The first-order valence-electron chi connectivity index (χ1n) is 7.50. The highest BCUT2D eigenvalue weighted by atomic mass is 19.1. The number of hydrogen-bond donors (Lipinski definition) is 2. The second kappa shape index (κ2) is 6.73. The molecule has 118 valence electrons. The zero-order valence-electron chi connectivity index (χ0n) is 13.2. The molecule has 1 fully saturated rings. The number of benzene rings is 1. The summed E-state index contributed by atoms with van der Waals surface area (Å²) in [6.45, 7) is 10.0. The van der Waals surface area contributed by atoms with Gasteiger partial charge in [-0.15, -0.1) is 0 Å². The standard InChI is InChI=1S/C16H26FN3O/c1-16(2,20-8-6-19(3)7-9-20)12-18-11-13-10-14(17)4-5-15(13)21/h4-5,10,18,21H,6-9,11-12H2,1-3H3. The number of nitrogens with one attached hydrogen (secondary N) is 1. The number of aromatic hydroxyl groups is 1. The summed E-state index contributed by atoms with van der Waals surface area (Å²) in [5, 5.41) is 13.1. The molecule has 0 aromatic heterocycles. The van der Waals surface area contributed by atoms with Crippen molar-refractivity contribution in [3.63, 3.8) is 0 Å². The molecule has 2 N–H and O–H groups in total. The molecule has 0 atom stereocenters. The highest BCUT2D eigenvalue weighted by molar-refractivity contribution is 5.32. The third-order valence-corrected chi connectivity index (χ3v) is 4.27. The molecule has 0 aliphatic carbocycles. The van der Waals surface area contributed by atoms with Crippen molar-refractivity contribution in [1.29, 1.82) is 0 Å². The normalized spacial score (nSPS) is 18.1. The second-order valence-electron chi connectivity index (χ2n) is 6.48. The lowest BCUT2D eigenvalue weighted by Crippen LogP contribution is -2.57. The van der Waals surface area contributed by atoms with Crippen LogP contribution in [0.1, 0.15) is 19.4 Å². The van der Waals surface area contributed by atoms with Crippen LogP contribution >= 0.6 is 0 Å². The van der Waals surface area contributed by atoms with Gasteiger partial charge < -0.3 is 15.3 Å². The van der Waals surface area contributed by atoms with Crippen molar-refractivity contribution in [1.82, 2.24) is 15.1 Å². The number of rotatable bonds is 5. The molecule has 5 heteroatoms. The number of halogens is 1. The van der Waals surface area contributed by atoms with Gasteiger partial charge in [-0.2, -0.15) is 0 Å². The molecular weight excluding hydrogens is 269 g/mol. The van der Waals surface area contributed by atoms with E-state index in [1.807, 2.05) is 0 Å². The van der Waals surface area contributed by atoms with E-state index in [1.54, 1.807) is 0 Å². The average molecular weight is 295 g/mol. The van der Waals surface area contributed by atoms with Crippen molar-refractivity contribution in [2.24, 2.45) is 0 Å². The molecule has 0 radical (unpaired) electrons. The van der Waals surface area contributed by atoms with Gasteiger partial charge in [0, 0.05) is 50.4 Å². The van der Waals surface area contributed by atoms with Crippen LogP contribution in [0.4, 0.5) is 4.39 Å². The second-order valence-corrected chi connectivity index (χ2v) is 6.48. The Hall–Kier alpha value is -1.17. The molecule has 0 bridgehead atoms. The van der Waals surface area contributed by atoms with Gasteiger partial charge in [0.2, 0.25) is 0 Å². The van der Waals surface area contributed by atoms with Gasteiger partial charge in [-0.25, -0.2) is 4.39 Å². The van der Waals surface area contributed by atoms with Crippen LogP contribution < -0.4 is 5.32 Å². The predicted octanol–water partition coefficient (Wildman–Crippen LogP) is 1.65. The molecule has 1 aliphatic heterocycles. The highest BCUT2D eigenvalue weighted by Crippen LogP contribution is 2.19. The minimum Gasteiger partial charge on any atom is -0.508 e. The van der Waals surface area contributed by atoms with E-state index in [4.69, 9.17) is 0 Å². The minimum atomic E-state index is -0.317. The van der Waals surface area contributed by atoms with Gasteiger partial charge in [0.15, 0.2) is 0 Å². The van der Waals surface area contributed by atoms with Crippen LogP contribution in [-0.2, 0) is 6.54 Å². The summed E-state index contributed by atoms with van der Waals surface area (Å²) in [4.78, 5) is 4.82. The fourth-order valence-corrected chi connectivity index (χ4v) is 2.72. The Morgan fingerprint density at radius 3 is 2.57 bits per heavy atom. The Labute approximate surface area is 126 Å². The fourth-order valence-electron chi connectivity index (χ4n) is 2.72. The Kier molecular flexibility index (Phi) is 5.19. The lowest BCUT2D eigenvalue weighted by atomic mass is 10.0. The quantitative estimate of drug-likeness (QED) is 0.866. The third-order valence-electron chi connectivity index (χ3n) is 4.27. The topological polar surface area (TPSA) is 38.7 Å². The van der Waals surface area contributed by atoms with Crippen LogP contribution in [0.2, 0.25) is 0 Å². The summed E-state index contributed by atoms with van der Waals surface area (Å²) in [5.74, 6) is -0.177. The van der Waals surface area contributed by atoms with Gasteiger partial charge in [0.1, 0.15) is 11.6 Å². The van der Waals surface area contributed by atoms with Crippen molar-refractivity contribution < 1.29 is 9.50 Å². The zero-order chi connectivity index (χ0) is 15.5. The van der Waals surface area contributed by atoms with Gasteiger partial charge in [-0.1, -0.05) is 0 Å². The van der Waals surface area contributed by atoms with E-state index in [9.17, 15) is 9.50 Å². The van der Waals surface area contributed by atoms with Crippen molar-refractivity contribution in [2.75, 3.05) is 39.8 Å². The first-order valence-corrected chi connectivity index (χ1v) is 7.50. The van der Waals surface area contributed by atoms with E-state index in [-0.39, 0.29) is 17.1 Å². The monoisotopic (exact) mass is 295 g/mol. The molecule has 1 aromatic rings. The lowest BCUT2D eigenvalue weighted by molar-refractivity contribution is 0.0617. The molecule has 0 saturated carbocycles. The van der Waals surface area contributed by atoms with Crippen LogP contribution in [0, 0.1) is 5.82 Å². The Morgan fingerprint density at radius 2 is 1.90 bits per heavy atom. The smallest absolute Gasteiger partial charge is 0.123 e. The third kappa shape index (κ3) is 4.40. The van der Waals surface area contributed by atoms with Crippen LogP contribution in [0.3, 0.4) is 0 Å². The summed E-state index contributed by atoms with van der Waals surface area (Å²) < 4.78 is 13.2. The van der Waals surface area contributed by atoms with E-state index in [2.05, 4.69) is 36.0 Å². The summed E-state index contributed by atoms with van der Waals surface area (Å²) in [5.41, 5.74) is 0.647. The van der Waals surface area contributed by atoms with Crippen molar-refractivity contribution >= 4 is 0 Å². The van der Waals surface area contributed by atoms with Gasteiger partial charge in [-0.05, 0) is 39.1 Å². The van der Waals surface area contributed by atoms with Crippen molar-refractivity contribution in [2.45, 2.75) is 25.9 Å². The zero-order valence-corrected chi connectivity index (χ0v) is 13.2. The molecule has 1 heterocycles. The largest absolute Gasteiger partial charge is 0.508 e. The van der Waals surface area contributed by atoms with Gasteiger partial charge >= 0.3 is 0 Å². The summed E-state index contributed by atoms with van der Waals surface area (Å²) in [7, 11) is 2.15. The average Bonchev–Trinajstić information content (AvgIpc) is 2.43. The molecule has 2 rings (SSSR count).